The summed E-state index contributed by atoms with van der Waals surface area (Å²) < 4.78 is 7.34. The van der Waals surface area contributed by atoms with Crippen molar-refractivity contribution in [2.75, 3.05) is 46.1 Å². The number of carbonyl (C=O) groups is 2. The second kappa shape index (κ2) is 15.3. The number of carbonyl (C=O) groups excluding carboxylic acids is 2. The van der Waals surface area contributed by atoms with E-state index in [0.29, 0.717) is 6.54 Å². The molecule has 10 heteroatoms. The van der Waals surface area contributed by atoms with Crippen molar-refractivity contribution in [3.63, 3.8) is 0 Å². The number of hydrogen-bond acceptors (Lipinski definition) is 9. The highest BCUT2D eigenvalue weighted by atomic mass is 32.1. The molecule has 4 aromatic rings. The van der Waals surface area contributed by atoms with E-state index in [-0.39, 0.29) is 11.8 Å². The van der Waals surface area contributed by atoms with Crippen LogP contribution < -0.4 is 15.8 Å². The molecular weight excluding hydrogens is 572 g/mol. The van der Waals surface area contributed by atoms with E-state index in [9.17, 15) is 4.79 Å². The van der Waals surface area contributed by atoms with Crippen LogP contribution >= 0.6 is 11.3 Å². The Morgan fingerprint density at radius 2 is 1.84 bits per heavy atom. The highest BCUT2D eigenvalue weighted by molar-refractivity contribution is 7.20. The van der Waals surface area contributed by atoms with Gasteiger partial charge in [0.2, 0.25) is 6.41 Å². The summed E-state index contributed by atoms with van der Waals surface area (Å²) >= 11 is 1.71. The number of nitrogens with two attached hydrogens (primary N) is 1. The van der Waals surface area contributed by atoms with Gasteiger partial charge >= 0.3 is 0 Å². The average Bonchev–Trinajstić information content (AvgIpc) is 3.72. The van der Waals surface area contributed by atoms with E-state index in [1.54, 1.807) is 11.3 Å². The smallest absolute Gasteiger partial charge is 0.204 e. The number of nitrogens with zero attached hydrogens (tertiary/aromatic N) is 4. The second-order valence-electron chi connectivity index (χ2n) is 10.9. The predicted molar refractivity (Wildman–Crippen MR) is 181 cm³/mol. The molecule has 2 aliphatic rings. The lowest BCUT2D eigenvalue weighted by Crippen LogP contribution is -2.28. The Balaban J connectivity index is 0.000000260. The minimum absolute atomic E-state index is 0.0960. The van der Waals surface area contributed by atoms with Crippen molar-refractivity contribution in [1.29, 1.82) is 0 Å². The molecule has 1 amide bonds. The maximum absolute atomic E-state index is 10.7. The summed E-state index contributed by atoms with van der Waals surface area (Å²) in [5.74, 6) is 1.69. The van der Waals surface area contributed by atoms with E-state index in [0.717, 1.165) is 65.2 Å². The first-order chi connectivity index (χ1) is 21.3. The Hall–Kier alpha value is -4.54. The van der Waals surface area contributed by atoms with Gasteiger partial charge in [-0.15, -0.1) is 11.3 Å². The molecule has 0 bridgehead atoms. The Morgan fingerprint density at radius 3 is 2.48 bits per heavy atom. The number of benzene rings is 2. The highest BCUT2D eigenvalue weighted by Crippen LogP contribution is 2.46. The molecule has 1 aliphatic heterocycles. The molecule has 1 aliphatic carbocycles. The molecule has 0 atom stereocenters. The van der Waals surface area contributed by atoms with E-state index < -0.39 is 0 Å². The van der Waals surface area contributed by atoms with Crippen molar-refractivity contribution >= 4 is 51.8 Å². The number of fused-ring (bicyclic) bond motifs is 1. The molecule has 9 nitrogen and oxygen atoms in total. The van der Waals surface area contributed by atoms with Crippen molar-refractivity contribution < 1.29 is 14.3 Å². The molecule has 3 N–H and O–H groups in total. The molecule has 0 spiro atoms. The number of nitrogens with one attached hydrogen (secondary N) is 1. The number of aryl methyl sites for hydroxylation is 1. The Morgan fingerprint density at radius 1 is 1.09 bits per heavy atom. The van der Waals surface area contributed by atoms with Crippen LogP contribution in [0, 0.1) is 6.92 Å². The average molecular weight is 613 g/mol. The number of likely N-dealkylation sites (N-methyl/N-ethyl adjacent to an activating group) is 1. The van der Waals surface area contributed by atoms with Gasteiger partial charge in [-0.1, -0.05) is 30.3 Å². The normalized spacial score (nSPS) is 14.5. The summed E-state index contributed by atoms with van der Waals surface area (Å²) in [6.45, 7) is 4.64. The number of aliphatic imine (C=N–C) groups is 1. The SMILES string of the molecule is CNc1ccc(Oc2ccnc3cc(C4=CN(CCN(C)C)C=NC4)sc23)c(C)c1.NC=O.O=CC1(c2ccccc2)CC1. The monoisotopic (exact) mass is 612 g/mol. The minimum Gasteiger partial charge on any atom is -0.455 e. The number of thiophene rings is 1. The zero-order valence-corrected chi connectivity index (χ0v) is 26.5. The van der Waals surface area contributed by atoms with Crippen molar-refractivity contribution in [2.45, 2.75) is 25.2 Å². The molecule has 0 saturated heterocycles. The molecule has 1 fully saturated rings. The zero-order valence-electron chi connectivity index (χ0n) is 25.7. The van der Waals surface area contributed by atoms with Crippen LogP contribution in [0.1, 0.15) is 28.8 Å². The van der Waals surface area contributed by atoms with Crippen molar-refractivity contribution in [3.8, 4) is 11.5 Å². The van der Waals surface area contributed by atoms with Gasteiger partial charge in [-0.3, -0.25) is 14.8 Å². The van der Waals surface area contributed by atoms with Crippen LogP contribution in [0.25, 0.3) is 15.8 Å². The third-order valence-electron chi connectivity index (χ3n) is 7.36. The predicted octanol–water partition coefficient (Wildman–Crippen LogP) is 5.70. The van der Waals surface area contributed by atoms with Gasteiger partial charge in [0.25, 0.3) is 0 Å². The fourth-order valence-corrected chi connectivity index (χ4v) is 5.73. The van der Waals surface area contributed by atoms with Gasteiger partial charge in [0, 0.05) is 54.7 Å². The van der Waals surface area contributed by atoms with Crippen LogP contribution in [0.5, 0.6) is 11.5 Å². The number of ether oxygens (including phenoxy) is 1. The molecule has 0 unspecified atom stereocenters. The Kier molecular flexibility index (Phi) is 11.2. The van der Waals surface area contributed by atoms with E-state index in [1.807, 2.05) is 68.1 Å². The summed E-state index contributed by atoms with van der Waals surface area (Å²) in [6.07, 6.45) is 9.32. The topological polar surface area (TPSA) is 113 Å². The van der Waals surface area contributed by atoms with E-state index in [1.165, 1.54) is 16.0 Å². The molecule has 230 valence electrons. The molecule has 6 rings (SSSR count). The van der Waals surface area contributed by atoms with Crippen molar-refractivity contribution in [1.82, 2.24) is 14.8 Å². The number of amides is 1. The van der Waals surface area contributed by atoms with Crippen molar-refractivity contribution in [3.05, 3.63) is 89.1 Å². The van der Waals surface area contributed by atoms with Gasteiger partial charge < -0.3 is 30.4 Å². The number of hydrogen-bond donors (Lipinski definition) is 2. The molecule has 0 radical (unpaired) electrons. The Labute approximate surface area is 263 Å². The number of anilines is 1. The number of primary amides is 1. The van der Waals surface area contributed by atoms with E-state index >= 15 is 0 Å². The number of aldehydes is 1. The van der Waals surface area contributed by atoms with Crippen LogP contribution in [-0.4, -0.2) is 74.6 Å². The van der Waals surface area contributed by atoms with Gasteiger partial charge in [0.05, 0.1) is 28.5 Å². The van der Waals surface area contributed by atoms with Crippen LogP contribution in [0.2, 0.25) is 0 Å². The third-order valence-corrected chi connectivity index (χ3v) is 8.57. The van der Waals surface area contributed by atoms with Crippen LogP contribution in [0.15, 0.2) is 78.1 Å². The van der Waals surface area contributed by atoms with Gasteiger partial charge in [-0.05, 0) is 69.3 Å². The van der Waals surface area contributed by atoms with Crippen LogP contribution in [0.3, 0.4) is 0 Å². The standard InChI is InChI=1S/C23H27N5OS.C10H10O.CH3NO/c1-16-11-18(24-2)5-6-20(16)29-21-7-8-26-19-12-22(30-23(19)21)17-13-25-15-28(14-17)10-9-27(3)4;11-8-10(6-7-10)9-4-2-1-3-5-9;2-1-3/h5-8,11-12,14-15,24H,9-10,13H2,1-4H3;1-5,8H,6-7H2;1H,(H2,2,3). The first-order valence-electron chi connectivity index (χ1n) is 14.5. The second-order valence-corrected chi connectivity index (χ2v) is 11.9. The minimum atomic E-state index is -0.0960. The maximum atomic E-state index is 10.7. The summed E-state index contributed by atoms with van der Waals surface area (Å²) in [4.78, 5) is 33.9. The fraction of sp³-hybridized carbons (Fsp3) is 0.294. The van der Waals surface area contributed by atoms with Gasteiger partial charge in [0.15, 0.2) is 0 Å². The lowest BCUT2D eigenvalue weighted by Gasteiger charge is -2.22. The highest BCUT2D eigenvalue weighted by Gasteiger charge is 2.43. The summed E-state index contributed by atoms with van der Waals surface area (Å²) in [6, 6.07) is 20.2. The summed E-state index contributed by atoms with van der Waals surface area (Å²) in [7, 11) is 6.08. The van der Waals surface area contributed by atoms with Crippen LogP contribution in [0.4, 0.5) is 5.69 Å². The first kappa shape index (κ1) is 32.4. The van der Waals surface area contributed by atoms with Gasteiger partial charge in [0.1, 0.15) is 17.8 Å². The maximum Gasteiger partial charge on any atom is 0.204 e. The fourth-order valence-electron chi connectivity index (χ4n) is 4.67. The zero-order chi connectivity index (χ0) is 31.5. The van der Waals surface area contributed by atoms with E-state index in [4.69, 9.17) is 9.53 Å². The lowest BCUT2D eigenvalue weighted by molar-refractivity contribution is -0.110. The molecule has 44 heavy (non-hydrogen) atoms. The van der Waals surface area contributed by atoms with Crippen LogP contribution in [-0.2, 0) is 15.0 Å². The number of pyridine rings is 1. The molecule has 1 saturated carbocycles. The number of rotatable bonds is 9. The molecule has 2 aromatic carbocycles. The van der Waals surface area contributed by atoms with Gasteiger partial charge in [-0.2, -0.15) is 0 Å². The number of aromatic nitrogens is 1. The third kappa shape index (κ3) is 8.30. The largest absolute Gasteiger partial charge is 0.455 e. The summed E-state index contributed by atoms with van der Waals surface area (Å²) in [5, 5.41) is 3.16. The molecule has 2 aromatic heterocycles. The summed E-state index contributed by atoms with van der Waals surface area (Å²) in [5.41, 5.74) is 9.56. The quantitative estimate of drug-likeness (QED) is 0.233. The molecule has 3 heterocycles. The first-order valence-corrected chi connectivity index (χ1v) is 15.3. The van der Waals surface area contributed by atoms with Gasteiger partial charge in [-0.25, -0.2) is 0 Å². The molecular formula is C34H40N6O3S. The van der Waals surface area contributed by atoms with E-state index in [2.05, 4.69) is 70.2 Å². The lowest BCUT2D eigenvalue weighted by atomic mass is 9.98. The Bertz CT molecular complexity index is 1610. The van der Waals surface area contributed by atoms with Crippen molar-refractivity contribution in [2.24, 2.45) is 10.7 Å².